The molecule has 25 heteroatoms. The summed E-state index contributed by atoms with van der Waals surface area (Å²) < 4.78 is 27.2. The van der Waals surface area contributed by atoms with Crippen LogP contribution in [0.3, 0.4) is 0 Å². The molecule has 0 aliphatic heterocycles. The van der Waals surface area contributed by atoms with Crippen LogP contribution in [0.2, 0.25) is 0 Å². The van der Waals surface area contributed by atoms with E-state index < -0.39 is 124 Å². The van der Waals surface area contributed by atoms with Gasteiger partial charge < -0.3 is 23.7 Å². The number of rotatable bonds is 24. The molecule has 10 aromatic rings. The van der Waals surface area contributed by atoms with E-state index in [-0.39, 0.29) is 27.8 Å². The van der Waals surface area contributed by atoms with Crippen LogP contribution in [0.25, 0.3) is 55.6 Å². The fourth-order valence-electron chi connectivity index (χ4n) is 10.6. The smallest absolute Gasteiger partial charge is 0.432 e. The summed E-state index contributed by atoms with van der Waals surface area (Å²) in [5.41, 5.74) is 6.70. The van der Waals surface area contributed by atoms with Gasteiger partial charge in [-0.2, -0.15) is 24.0 Å². The number of hydrogen-bond donors (Lipinski definition) is 0. The van der Waals surface area contributed by atoms with Crippen molar-refractivity contribution in [2.75, 3.05) is 33.0 Å². The Kier molecular flexibility index (Phi) is 26.6. The van der Waals surface area contributed by atoms with Crippen LogP contribution < -0.4 is 0 Å². The summed E-state index contributed by atoms with van der Waals surface area (Å²) in [5.74, 6) is -9.80. The monoisotopic (exact) mass is 1420 g/mol. The molecule has 0 N–H and O–H groups in total. The zero-order valence-electron chi connectivity index (χ0n) is 55.4. The van der Waals surface area contributed by atoms with E-state index in [9.17, 15) is 47.9 Å². The molecular formula is C80H62O25. The largest absolute Gasteiger partial charge is 0.549 e. The maximum atomic E-state index is 13.6. The van der Waals surface area contributed by atoms with Crippen molar-refractivity contribution in [2.45, 2.75) is 12.8 Å². The summed E-state index contributed by atoms with van der Waals surface area (Å²) in [7, 11) is 0. The Labute approximate surface area is 598 Å². The average Bonchev–Trinajstić information content (AvgIpc) is 0.908. The normalized spacial score (nSPS) is 11.4. The van der Waals surface area contributed by atoms with E-state index in [1.807, 2.05) is 36.4 Å². The lowest BCUT2D eigenvalue weighted by Gasteiger charge is -2.32. The van der Waals surface area contributed by atoms with Gasteiger partial charge in [0.05, 0.1) is 60.9 Å². The predicted octanol–water partition coefficient (Wildman–Crippen LogP) is 16.6. The van der Waals surface area contributed by atoms with Crippen molar-refractivity contribution in [3.63, 3.8) is 0 Å². The molecule has 0 spiro atoms. The lowest BCUT2D eigenvalue weighted by Crippen LogP contribution is -2.37. The van der Waals surface area contributed by atoms with Gasteiger partial charge in [-0.15, -0.1) is 0 Å². The highest BCUT2D eigenvalue weighted by Crippen LogP contribution is 2.32. The number of carbonyl (C=O) groups excluding carboxylic acids is 10. The van der Waals surface area contributed by atoms with Crippen LogP contribution in [0.1, 0.15) is 64.6 Å². The van der Waals surface area contributed by atoms with Crippen molar-refractivity contribution >= 4 is 60.6 Å². The van der Waals surface area contributed by atoms with Crippen LogP contribution in [0.5, 0.6) is 0 Å². The van der Waals surface area contributed by atoms with E-state index in [1.54, 1.807) is 176 Å². The molecular weight excluding hydrogens is 1360 g/mol. The van der Waals surface area contributed by atoms with Crippen molar-refractivity contribution in [3.05, 3.63) is 301 Å². The minimum atomic E-state index is -1.66. The number of carbonyl (C=O) groups is 10. The van der Waals surface area contributed by atoms with Crippen LogP contribution in [0, 0.1) is 17.8 Å². The topological polar surface area (TPSA) is 309 Å². The molecule has 0 saturated heterocycles. The summed E-state index contributed by atoms with van der Waals surface area (Å²) in [5, 5.41) is 0. The minimum Gasteiger partial charge on any atom is -0.432 e. The summed E-state index contributed by atoms with van der Waals surface area (Å²) in [6, 6.07) is 75.9. The average molecular weight is 1420 g/mol. The van der Waals surface area contributed by atoms with Crippen molar-refractivity contribution in [2.24, 2.45) is 17.8 Å². The molecule has 0 heterocycles. The van der Waals surface area contributed by atoms with Gasteiger partial charge in [-0.25, -0.2) is 72.8 Å². The van der Waals surface area contributed by atoms with Gasteiger partial charge in [0.15, 0.2) is 0 Å². The zero-order valence-corrected chi connectivity index (χ0v) is 55.4. The third-order valence-electron chi connectivity index (χ3n) is 15.8. The third-order valence-corrected chi connectivity index (χ3v) is 15.8. The van der Waals surface area contributed by atoms with Gasteiger partial charge in [0.25, 0.3) is 0 Å². The number of benzene rings is 10. The molecule has 2 unspecified atom stereocenters. The molecule has 0 aliphatic rings. The van der Waals surface area contributed by atoms with Crippen LogP contribution in [0.15, 0.2) is 273 Å². The van der Waals surface area contributed by atoms with E-state index in [2.05, 4.69) is 0 Å². The molecule has 0 aromatic heterocycles. The van der Waals surface area contributed by atoms with Crippen molar-refractivity contribution in [3.8, 4) is 55.6 Å². The number of ether oxygens (including phenoxy) is 5. The van der Waals surface area contributed by atoms with Crippen LogP contribution in [0.4, 0.5) is 24.0 Å². The van der Waals surface area contributed by atoms with Gasteiger partial charge in [0.2, 0.25) is 0 Å². The van der Waals surface area contributed by atoms with Crippen molar-refractivity contribution in [1.29, 1.82) is 0 Å². The maximum absolute atomic E-state index is 13.6. The Balaban J connectivity index is 0.895. The highest BCUT2D eigenvalue weighted by molar-refractivity contribution is 5.94. The minimum absolute atomic E-state index is 0.0139. The molecule has 2 atom stereocenters. The molecule has 0 saturated carbocycles. The molecule has 0 fully saturated rings. The van der Waals surface area contributed by atoms with E-state index in [0.29, 0.717) is 27.8 Å². The lowest BCUT2D eigenvalue weighted by atomic mass is 9.79. The van der Waals surface area contributed by atoms with Gasteiger partial charge in [-0.1, -0.05) is 212 Å². The van der Waals surface area contributed by atoms with Gasteiger partial charge in [0.1, 0.15) is 0 Å². The van der Waals surface area contributed by atoms with Gasteiger partial charge in [-0.3, -0.25) is 0 Å². The molecule has 0 amide bonds. The Hall–Kier alpha value is -14.1. The highest BCUT2D eigenvalue weighted by atomic mass is 17.3. The van der Waals surface area contributed by atoms with Crippen molar-refractivity contribution in [1.82, 2.24) is 0 Å². The van der Waals surface area contributed by atoms with Crippen molar-refractivity contribution < 1.29 is 121 Å². The van der Waals surface area contributed by atoms with E-state index in [1.165, 1.54) is 60.7 Å². The summed E-state index contributed by atoms with van der Waals surface area (Å²) in [6.45, 7) is -4.11. The van der Waals surface area contributed by atoms with Gasteiger partial charge >= 0.3 is 60.6 Å². The Morgan fingerprint density at radius 3 is 0.638 bits per heavy atom. The Bertz CT molecular complexity index is 4400. The molecule has 10 aromatic carbocycles. The second kappa shape index (κ2) is 37.9. The predicted molar refractivity (Wildman–Crippen MR) is 368 cm³/mol. The Morgan fingerprint density at radius 2 is 0.410 bits per heavy atom. The second-order valence-electron chi connectivity index (χ2n) is 22.6. The SMILES string of the molecule is O=C(OCCC(COC(=O)OOC(=O)c1cccc(-c2ccccc2)c1)C(COC(=O)OOC(=O)c1cccc(-c2ccccc2)c1)C(CCOC(=O)OOC(=O)c1cccc(-c2ccccc2)c1)COC(=O)OOC(=O)c1cccc(-c2ccccc2)c1)OOC(=O)c1cccc(-c2ccccc2)c1. The van der Waals surface area contributed by atoms with Crippen LogP contribution >= 0.6 is 0 Å². The highest BCUT2D eigenvalue weighted by Gasteiger charge is 2.36. The molecule has 0 aliphatic carbocycles. The summed E-state index contributed by atoms with van der Waals surface area (Å²) in [6.07, 6.45) is -9.05. The first-order valence-electron chi connectivity index (χ1n) is 32.2. The first kappa shape index (κ1) is 73.6. The molecule has 105 heavy (non-hydrogen) atoms. The molecule has 25 nitrogen and oxygen atoms in total. The first-order valence-corrected chi connectivity index (χ1v) is 32.2. The fourth-order valence-corrected chi connectivity index (χ4v) is 10.6. The van der Waals surface area contributed by atoms with E-state index >= 15 is 0 Å². The third kappa shape index (κ3) is 22.4. The van der Waals surface area contributed by atoms with E-state index in [0.717, 1.165) is 27.8 Å². The molecule has 532 valence electrons. The van der Waals surface area contributed by atoms with Gasteiger partial charge in [-0.05, 0) is 129 Å². The van der Waals surface area contributed by atoms with E-state index in [4.69, 9.17) is 72.6 Å². The molecule has 0 radical (unpaired) electrons. The zero-order chi connectivity index (χ0) is 73.5. The summed E-state index contributed by atoms with van der Waals surface area (Å²) >= 11 is 0. The fraction of sp³-hybridized carbons (Fsp3) is 0.125. The molecule has 10 rings (SSSR count). The second-order valence-corrected chi connectivity index (χ2v) is 22.6. The van der Waals surface area contributed by atoms with Crippen LogP contribution in [-0.2, 0) is 72.6 Å². The first-order chi connectivity index (χ1) is 51.2. The lowest BCUT2D eigenvalue weighted by molar-refractivity contribution is -0.210. The van der Waals surface area contributed by atoms with Crippen LogP contribution in [-0.4, -0.2) is 93.7 Å². The maximum Gasteiger partial charge on any atom is 0.549 e. The standard InChI is InChI=1S/C80H62O25/c81-71(63-36-16-31-58(45-63)53-21-6-1-7-22-53)96-101-76(86)91-43-41-68(50-93-78(88)103-98-73(83)65-38-18-33-60(47-65)55-25-10-3-11-26-55)70(52-95-80(90)105-100-75(85)67-40-20-35-62(49-67)57-29-14-5-15-30-57)69(51-94-79(89)104-99-74(84)66-39-19-34-61(48-66)56-27-12-4-13-28-56)42-44-92-77(87)102-97-72(82)64-37-17-32-59(46-64)54-23-8-2-9-24-54/h1-40,45-49,68-70H,41-44,50-52H2. The number of hydrogen-bond acceptors (Lipinski definition) is 25. The summed E-state index contributed by atoms with van der Waals surface area (Å²) in [4.78, 5) is 182. The van der Waals surface area contributed by atoms with Gasteiger partial charge in [0, 0.05) is 17.8 Å². The Morgan fingerprint density at radius 1 is 0.210 bits per heavy atom. The quantitative estimate of drug-likeness (QED) is 0.0235. The molecule has 0 bridgehead atoms.